The molecular weight excluding hydrogens is 444 g/mol. The quantitative estimate of drug-likeness (QED) is 0.450. The van der Waals surface area contributed by atoms with Gasteiger partial charge in [0.05, 0.1) is 5.69 Å². The molecule has 1 saturated heterocycles. The van der Waals surface area contributed by atoms with E-state index in [-0.39, 0.29) is 29.8 Å². The first kappa shape index (κ1) is 22.8. The third-order valence-electron chi connectivity index (χ3n) is 6.20. The summed E-state index contributed by atoms with van der Waals surface area (Å²) in [5.41, 5.74) is 2.02. The number of anilines is 1. The van der Waals surface area contributed by atoms with Crippen LogP contribution in [0.2, 0.25) is 0 Å². The van der Waals surface area contributed by atoms with Crippen molar-refractivity contribution < 1.29 is 14.3 Å². The van der Waals surface area contributed by atoms with E-state index in [0.717, 1.165) is 24.1 Å². The molecule has 9 nitrogen and oxygen atoms in total. The highest BCUT2D eigenvalue weighted by molar-refractivity contribution is 6.06. The zero-order chi connectivity index (χ0) is 24.5. The van der Waals surface area contributed by atoms with Gasteiger partial charge >= 0.3 is 0 Å². The number of phenols is 1. The smallest absolute Gasteiger partial charge is 0.259 e. The van der Waals surface area contributed by atoms with Crippen LogP contribution in [0.4, 0.5) is 5.82 Å². The van der Waals surface area contributed by atoms with Gasteiger partial charge < -0.3 is 14.8 Å². The van der Waals surface area contributed by atoms with Crippen LogP contribution in [-0.4, -0.2) is 49.1 Å². The largest absolute Gasteiger partial charge is 0.508 e. The molecule has 3 atom stereocenters. The van der Waals surface area contributed by atoms with Gasteiger partial charge in [-0.1, -0.05) is 12.1 Å². The zero-order valence-corrected chi connectivity index (χ0v) is 19.9. The number of phenolic OH excluding ortho intramolecular Hbond substituents is 1. The number of aromatic nitrogens is 4. The van der Waals surface area contributed by atoms with E-state index in [0.29, 0.717) is 23.2 Å². The Morgan fingerprint density at radius 3 is 2.57 bits per heavy atom. The van der Waals surface area contributed by atoms with Gasteiger partial charge in [-0.25, -0.2) is 4.68 Å². The lowest BCUT2D eigenvalue weighted by Gasteiger charge is -2.39. The number of rotatable bonds is 5. The van der Waals surface area contributed by atoms with Crippen LogP contribution in [0.3, 0.4) is 0 Å². The maximum Gasteiger partial charge on any atom is 0.259 e. The van der Waals surface area contributed by atoms with Crippen molar-refractivity contribution in [1.82, 2.24) is 25.3 Å². The molecule has 1 fully saturated rings. The number of aryl methyl sites for hydroxylation is 1. The summed E-state index contributed by atoms with van der Waals surface area (Å²) in [6.45, 7) is 6.01. The van der Waals surface area contributed by atoms with E-state index in [1.165, 1.54) is 6.07 Å². The summed E-state index contributed by atoms with van der Waals surface area (Å²) in [5.74, 6) is 1.37. The van der Waals surface area contributed by atoms with Crippen molar-refractivity contribution in [2.45, 2.75) is 51.7 Å². The summed E-state index contributed by atoms with van der Waals surface area (Å²) in [4.78, 5) is 15.5. The van der Waals surface area contributed by atoms with Gasteiger partial charge in [0, 0.05) is 48.4 Å². The van der Waals surface area contributed by atoms with E-state index >= 15 is 0 Å². The van der Waals surface area contributed by atoms with Gasteiger partial charge in [-0.15, -0.1) is 15.3 Å². The normalized spacial score (nSPS) is 20.0. The first-order chi connectivity index (χ1) is 16.9. The second-order valence-electron chi connectivity index (χ2n) is 9.11. The Balaban J connectivity index is 1.51. The average Bonchev–Trinajstić information content (AvgIpc) is 3.48. The van der Waals surface area contributed by atoms with Crippen molar-refractivity contribution in [3.05, 3.63) is 72.2 Å². The second kappa shape index (κ2) is 9.34. The van der Waals surface area contributed by atoms with Crippen LogP contribution in [-0.2, 0) is 0 Å². The van der Waals surface area contributed by atoms with Crippen molar-refractivity contribution in [1.29, 1.82) is 0 Å². The number of hydrogen-bond donors (Lipinski definition) is 2. The number of carbonyl (C=O) groups excluding carboxylic acids is 1. The predicted molar refractivity (Wildman–Crippen MR) is 132 cm³/mol. The monoisotopic (exact) mass is 472 g/mol. The first-order valence-corrected chi connectivity index (χ1v) is 11.7. The van der Waals surface area contributed by atoms with Crippen LogP contribution in [0, 0.1) is 6.92 Å². The van der Waals surface area contributed by atoms with Gasteiger partial charge in [-0.05, 0) is 63.1 Å². The lowest BCUT2D eigenvalue weighted by Crippen LogP contribution is -2.52. The Labute approximate surface area is 203 Å². The third-order valence-corrected chi connectivity index (χ3v) is 6.20. The van der Waals surface area contributed by atoms with Gasteiger partial charge in [0.25, 0.3) is 5.91 Å². The van der Waals surface area contributed by atoms with Crippen LogP contribution in [0.15, 0.2) is 65.2 Å². The molecule has 2 aromatic heterocycles. The van der Waals surface area contributed by atoms with Crippen LogP contribution in [0.25, 0.3) is 17.1 Å². The fraction of sp³-hybridized carbons (Fsp3) is 0.308. The summed E-state index contributed by atoms with van der Waals surface area (Å²) >= 11 is 0. The molecule has 3 heterocycles. The summed E-state index contributed by atoms with van der Waals surface area (Å²) in [7, 11) is 0. The van der Waals surface area contributed by atoms with E-state index in [4.69, 9.17) is 9.52 Å². The summed E-state index contributed by atoms with van der Waals surface area (Å²) < 4.78 is 7.30. The number of aromatic hydroxyl groups is 1. The molecule has 1 aliphatic heterocycles. The SMILES string of the molecule is Cc1nnc(-c2cccc(-n3ccc(N(C(=O)c4cccc(O)c4)C4C[C@@H](C)N[C@@H](C)C4)n3)c2)o1. The minimum absolute atomic E-state index is 0.0350. The third kappa shape index (κ3) is 4.81. The van der Waals surface area contributed by atoms with E-state index in [1.807, 2.05) is 36.5 Å². The molecule has 180 valence electrons. The van der Waals surface area contributed by atoms with Gasteiger partial charge in [-0.2, -0.15) is 0 Å². The molecule has 2 aromatic carbocycles. The molecule has 0 saturated carbocycles. The van der Waals surface area contributed by atoms with E-state index < -0.39 is 0 Å². The van der Waals surface area contributed by atoms with Gasteiger partial charge in [-0.3, -0.25) is 9.69 Å². The van der Waals surface area contributed by atoms with Crippen LogP contribution >= 0.6 is 0 Å². The average molecular weight is 473 g/mol. The Morgan fingerprint density at radius 1 is 1.09 bits per heavy atom. The fourth-order valence-corrected chi connectivity index (χ4v) is 4.76. The van der Waals surface area contributed by atoms with Crippen molar-refractivity contribution in [3.8, 4) is 22.9 Å². The predicted octanol–water partition coefficient (Wildman–Crippen LogP) is 4.11. The highest BCUT2D eigenvalue weighted by Crippen LogP contribution is 2.28. The molecule has 1 unspecified atom stereocenters. The summed E-state index contributed by atoms with van der Waals surface area (Å²) in [6, 6.07) is 16.4. The standard InChI is InChI=1S/C26H28N6O3/c1-16-12-22(13-17(2)27-16)32(26(34)20-7-5-9-23(33)15-20)24-10-11-31(30-24)21-8-4-6-19(14-21)25-29-28-18(3)35-25/h4-11,14-17,22,27,33H,12-13H2,1-3H3/t16-,17+,22?. The maximum absolute atomic E-state index is 13.7. The van der Waals surface area contributed by atoms with Crippen molar-refractivity contribution in [2.75, 3.05) is 4.90 Å². The Kier molecular flexibility index (Phi) is 6.08. The van der Waals surface area contributed by atoms with Crippen LogP contribution in [0.5, 0.6) is 5.75 Å². The van der Waals surface area contributed by atoms with Crippen LogP contribution in [0.1, 0.15) is 42.9 Å². The van der Waals surface area contributed by atoms with Crippen molar-refractivity contribution in [3.63, 3.8) is 0 Å². The molecule has 35 heavy (non-hydrogen) atoms. The van der Waals surface area contributed by atoms with Gasteiger partial charge in [0.2, 0.25) is 11.8 Å². The molecule has 1 amide bonds. The molecule has 0 radical (unpaired) electrons. The molecule has 5 rings (SSSR count). The Hall–Kier alpha value is -3.98. The zero-order valence-electron chi connectivity index (χ0n) is 19.9. The molecule has 4 aromatic rings. The van der Waals surface area contributed by atoms with Gasteiger partial charge in [0.15, 0.2) is 5.82 Å². The lowest BCUT2D eigenvalue weighted by atomic mass is 9.93. The van der Waals surface area contributed by atoms with E-state index in [1.54, 1.807) is 34.7 Å². The number of amides is 1. The highest BCUT2D eigenvalue weighted by atomic mass is 16.4. The fourth-order valence-electron chi connectivity index (χ4n) is 4.76. The second-order valence-corrected chi connectivity index (χ2v) is 9.11. The molecule has 2 N–H and O–H groups in total. The van der Waals surface area contributed by atoms with Crippen LogP contribution < -0.4 is 10.2 Å². The number of nitrogens with zero attached hydrogens (tertiary/aromatic N) is 5. The van der Waals surface area contributed by atoms with E-state index in [9.17, 15) is 9.90 Å². The molecule has 0 bridgehead atoms. The molecule has 0 aliphatic carbocycles. The Bertz CT molecular complexity index is 1340. The minimum Gasteiger partial charge on any atom is -0.508 e. The van der Waals surface area contributed by atoms with Crippen molar-refractivity contribution in [2.24, 2.45) is 0 Å². The number of carbonyl (C=O) groups is 1. The molecule has 1 aliphatic rings. The first-order valence-electron chi connectivity index (χ1n) is 11.7. The van der Waals surface area contributed by atoms with Crippen molar-refractivity contribution >= 4 is 11.7 Å². The number of benzene rings is 2. The molecule has 9 heteroatoms. The highest BCUT2D eigenvalue weighted by Gasteiger charge is 2.33. The summed E-state index contributed by atoms with van der Waals surface area (Å²) in [5, 5.41) is 26.3. The Morgan fingerprint density at radius 2 is 1.86 bits per heavy atom. The number of hydrogen-bond acceptors (Lipinski definition) is 7. The molecule has 0 spiro atoms. The lowest BCUT2D eigenvalue weighted by molar-refractivity contribution is 0.0964. The maximum atomic E-state index is 13.7. The topological polar surface area (TPSA) is 109 Å². The number of nitrogens with one attached hydrogen (secondary N) is 1. The number of piperidine rings is 1. The minimum atomic E-state index is -0.187. The van der Waals surface area contributed by atoms with Gasteiger partial charge in [0.1, 0.15) is 5.75 Å². The summed E-state index contributed by atoms with van der Waals surface area (Å²) in [6.07, 6.45) is 3.44. The van der Waals surface area contributed by atoms with E-state index in [2.05, 4.69) is 29.4 Å². The molecular formula is C26H28N6O3.